The molecule has 0 saturated heterocycles. The van der Waals surface area contributed by atoms with E-state index in [0.717, 1.165) is 12.8 Å². The molecule has 1 aromatic rings. The van der Waals surface area contributed by atoms with Gasteiger partial charge < -0.3 is 0 Å². The van der Waals surface area contributed by atoms with E-state index in [9.17, 15) is 4.79 Å². The Kier molecular flexibility index (Phi) is 1.95. The van der Waals surface area contributed by atoms with Crippen molar-refractivity contribution in [1.29, 1.82) is 0 Å². The van der Waals surface area contributed by atoms with Gasteiger partial charge in [-0.05, 0) is 25.8 Å². The smallest absolute Gasteiger partial charge is 0.140 e. The van der Waals surface area contributed by atoms with Crippen molar-refractivity contribution in [1.82, 2.24) is 0 Å². The number of hydrogen-bond donors (Lipinski definition) is 0. The van der Waals surface area contributed by atoms with Crippen molar-refractivity contribution in [3.8, 4) is 0 Å². The summed E-state index contributed by atoms with van der Waals surface area (Å²) in [7, 11) is 0. The number of aryl methyl sites for hydroxylation is 2. The van der Waals surface area contributed by atoms with Crippen LogP contribution in [0.3, 0.4) is 0 Å². The molecule has 1 aliphatic carbocycles. The minimum absolute atomic E-state index is 0.207. The quantitative estimate of drug-likeness (QED) is 0.639. The Labute approximate surface area is 78.8 Å². The molecule has 1 fully saturated rings. The zero-order valence-corrected chi connectivity index (χ0v) is 8.13. The summed E-state index contributed by atoms with van der Waals surface area (Å²) >= 11 is 0. The second-order valence-electron chi connectivity index (χ2n) is 3.98. The summed E-state index contributed by atoms with van der Waals surface area (Å²) in [6, 6.07) is 6.41. The van der Waals surface area contributed by atoms with E-state index < -0.39 is 0 Å². The lowest BCUT2D eigenvalue weighted by Gasteiger charge is -2.24. The number of hydrogen-bond acceptors (Lipinski definition) is 1. The molecule has 1 atom stereocenters. The van der Waals surface area contributed by atoms with Crippen molar-refractivity contribution in [2.75, 3.05) is 0 Å². The molecule has 13 heavy (non-hydrogen) atoms. The van der Waals surface area contributed by atoms with Crippen LogP contribution in [0, 0.1) is 13.8 Å². The molecule has 0 aliphatic heterocycles. The number of Topliss-reactive ketones (excluding diaryl/α,β-unsaturated/α-hetero) is 1. The fraction of sp³-hybridized carbons (Fsp3) is 0.417. The number of rotatable bonds is 1. The fourth-order valence-corrected chi connectivity index (χ4v) is 1.97. The Balaban J connectivity index is 2.34. The van der Waals surface area contributed by atoms with Gasteiger partial charge in [0.25, 0.3) is 0 Å². The largest absolute Gasteiger partial charge is 0.299 e. The summed E-state index contributed by atoms with van der Waals surface area (Å²) in [4.78, 5) is 11.3. The first-order chi connectivity index (χ1) is 6.16. The van der Waals surface area contributed by atoms with Gasteiger partial charge in [0.2, 0.25) is 0 Å². The van der Waals surface area contributed by atoms with Gasteiger partial charge in [-0.25, -0.2) is 0 Å². The van der Waals surface area contributed by atoms with E-state index in [2.05, 4.69) is 32.0 Å². The SMILES string of the molecule is Cc1cc(C)cc(C2CCC2=O)c1. The maximum Gasteiger partial charge on any atom is 0.140 e. The standard InChI is InChI=1S/C12H14O/c1-8-5-9(2)7-10(6-8)11-3-4-12(11)13/h5-7,11H,3-4H2,1-2H3. The molecule has 0 N–H and O–H groups in total. The molecule has 1 aromatic carbocycles. The third-order valence-corrected chi connectivity index (χ3v) is 2.71. The molecule has 0 radical (unpaired) electrons. The molecule has 1 saturated carbocycles. The van der Waals surface area contributed by atoms with Crippen LogP contribution in [0.4, 0.5) is 0 Å². The lowest BCUT2D eigenvalue weighted by molar-refractivity contribution is -0.125. The molecule has 2 rings (SSSR count). The molecule has 1 nitrogen and oxygen atoms in total. The average molecular weight is 174 g/mol. The number of benzene rings is 1. The van der Waals surface area contributed by atoms with Gasteiger partial charge in [-0.2, -0.15) is 0 Å². The summed E-state index contributed by atoms with van der Waals surface area (Å²) in [5.41, 5.74) is 3.73. The molecule has 0 heterocycles. The predicted molar refractivity (Wildman–Crippen MR) is 52.9 cm³/mol. The lowest BCUT2D eigenvalue weighted by atomic mass is 9.78. The van der Waals surface area contributed by atoms with Crippen molar-refractivity contribution in [3.63, 3.8) is 0 Å². The minimum atomic E-state index is 0.207. The summed E-state index contributed by atoms with van der Waals surface area (Å²) in [5, 5.41) is 0. The van der Waals surface area contributed by atoms with Gasteiger partial charge in [-0.15, -0.1) is 0 Å². The van der Waals surface area contributed by atoms with Crippen molar-refractivity contribution in [2.45, 2.75) is 32.6 Å². The lowest BCUT2D eigenvalue weighted by Crippen LogP contribution is -2.23. The molecule has 0 bridgehead atoms. The maximum atomic E-state index is 11.3. The Morgan fingerprint density at radius 1 is 1.15 bits per heavy atom. The van der Waals surface area contributed by atoms with E-state index in [0.29, 0.717) is 5.78 Å². The van der Waals surface area contributed by atoms with Crippen molar-refractivity contribution in [3.05, 3.63) is 34.9 Å². The molecule has 68 valence electrons. The monoisotopic (exact) mass is 174 g/mol. The van der Waals surface area contributed by atoms with E-state index in [1.807, 2.05) is 0 Å². The highest BCUT2D eigenvalue weighted by Gasteiger charge is 2.29. The van der Waals surface area contributed by atoms with E-state index in [1.165, 1.54) is 16.7 Å². The molecule has 1 heteroatoms. The predicted octanol–water partition coefficient (Wildman–Crippen LogP) is 2.75. The number of carbonyl (C=O) groups excluding carboxylic acids is 1. The van der Waals surface area contributed by atoms with Crippen LogP contribution in [0.5, 0.6) is 0 Å². The number of ketones is 1. The molecule has 1 aliphatic rings. The van der Waals surface area contributed by atoms with Crippen LogP contribution < -0.4 is 0 Å². The molecular weight excluding hydrogens is 160 g/mol. The summed E-state index contributed by atoms with van der Waals surface area (Å²) < 4.78 is 0. The average Bonchev–Trinajstić information content (AvgIpc) is 1.99. The maximum absolute atomic E-state index is 11.3. The molecule has 0 aromatic heterocycles. The fourth-order valence-electron chi connectivity index (χ4n) is 1.97. The summed E-state index contributed by atoms with van der Waals surface area (Å²) in [6.07, 6.45) is 1.82. The van der Waals surface area contributed by atoms with Crippen LogP contribution in [0.2, 0.25) is 0 Å². The van der Waals surface area contributed by atoms with Crippen LogP contribution in [-0.4, -0.2) is 5.78 Å². The van der Waals surface area contributed by atoms with Gasteiger partial charge in [-0.3, -0.25) is 4.79 Å². The zero-order chi connectivity index (χ0) is 9.42. The molecule has 0 amide bonds. The van der Waals surface area contributed by atoms with Crippen LogP contribution in [0.1, 0.15) is 35.4 Å². The normalized spacial score (nSPS) is 21.4. The van der Waals surface area contributed by atoms with Crippen molar-refractivity contribution < 1.29 is 4.79 Å². The summed E-state index contributed by atoms with van der Waals surface area (Å²) in [6.45, 7) is 4.17. The Hall–Kier alpha value is -1.11. The molecular formula is C12H14O. The molecule has 1 unspecified atom stereocenters. The van der Waals surface area contributed by atoms with Gasteiger partial charge in [0.15, 0.2) is 0 Å². The van der Waals surface area contributed by atoms with Crippen LogP contribution in [0.15, 0.2) is 18.2 Å². The number of carbonyl (C=O) groups is 1. The van der Waals surface area contributed by atoms with E-state index in [-0.39, 0.29) is 5.92 Å². The van der Waals surface area contributed by atoms with Gasteiger partial charge in [0.05, 0.1) is 0 Å². The van der Waals surface area contributed by atoms with Crippen LogP contribution in [0.25, 0.3) is 0 Å². The van der Waals surface area contributed by atoms with Gasteiger partial charge >= 0.3 is 0 Å². The van der Waals surface area contributed by atoms with Crippen molar-refractivity contribution in [2.24, 2.45) is 0 Å². The third-order valence-electron chi connectivity index (χ3n) is 2.71. The zero-order valence-electron chi connectivity index (χ0n) is 8.13. The Bertz CT molecular complexity index is 332. The van der Waals surface area contributed by atoms with Gasteiger partial charge in [0, 0.05) is 12.3 Å². The van der Waals surface area contributed by atoms with E-state index >= 15 is 0 Å². The second-order valence-corrected chi connectivity index (χ2v) is 3.98. The summed E-state index contributed by atoms with van der Waals surface area (Å²) in [5.74, 6) is 0.614. The first-order valence-electron chi connectivity index (χ1n) is 4.78. The van der Waals surface area contributed by atoms with Crippen LogP contribution >= 0.6 is 0 Å². The van der Waals surface area contributed by atoms with Gasteiger partial charge in [-0.1, -0.05) is 29.3 Å². The third kappa shape index (κ3) is 1.51. The highest BCUT2D eigenvalue weighted by Crippen LogP contribution is 2.33. The topological polar surface area (TPSA) is 17.1 Å². The highest BCUT2D eigenvalue weighted by atomic mass is 16.1. The van der Waals surface area contributed by atoms with E-state index in [4.69, 9.17) is 0 Å². The van der Waals surface area contributed by atoms with Gasteiger partial charge in [0.1, 0.15) is 5.78 Å². The van der Waals surface area contributed by atoms with Crippen molar-refractivity contribution >= 4 is 5.78 Å². The first kappa shape index (κ1) is 8.49. The minimum Gasteiger partial charge on any atom is -0.299 e. The second kappa shape index (κ2) is 2.99. The Morgan fingerprint density at radius 2 is 1.77 bits per heavy atom. The Morgan fingerprint density at radius 3 is 2.15 bits per heavy atom. The highest BCUT2D eigenvalue weighted by molar-refractivity contribution is 5.91. The molecule has 0 spiro atoms. The van der Waals surface area contributed by atoms with E-state index in [1.54, 1.807) is 0 Å². The first-order valence-corrected chi connectivity index (χ1v) is 4.78. The van der Waals surface area contributed by atoms with Crippen LogP contribution in [-0.2, 0) is 4.79 Å².